The molecular formula is C23H19ClN2O4S. The minimum absolute atomic E-state index is 0.0370. The molecule has 0 aliphatic heterocycles. The standard InChI is InChI=1S/C23H19ClN2O4S/c24-19-6-10-22(11-7-19)31(28,29)16-23(27)26-20-3-1-2-18(14-20)15-30-21-8-4-17(5-9-21)12-13-25/h1-11,14H,12,15-16H2,(H,26,27). The van der Waals surface area contributed by atoms with E-state index in [1.807, 2.05) is 18.2 Å². The van der Waals surface area contributed by atoms with E-state index in [0.29, 0.717) is 22.9 Å². The van der Waals surface area contributed by atoms with Crippen molar-refractivity contribution >= 4 is 33.0 Å². The van der Waals surface area contributed by atoms with Gasteiger partial charge in [-0.25, -0.2) is 8.42 Å². The number of nitriles is 1. The molecule has 0 radical (unpaired) electrons. The molecule has 0 heterocycles. The molecule has 0 aromatic heterocycles. The largest absolute Gasteiger partial charge is 0.489 e. The molecule has 1 N–H and O–H groups in total. The molecule has 0 aliphatic rings. The lowest BCUT2D eigenvalue weighted by molar-refractivity contribution is -0.113. The van der Waals surface area contributed by atoms with Crippen molar-refractivity contribution in [2.45, 2.75) is 17.9 Å². The van der Waals surface area contributed by atoms with Crippen LogP contribution in [0.5, 0.6) is 5.75 Å². The molecule has 0 bridgehead atoms. The Labute approximate surface area is 186 Å². The van der Waals surface area contributed by atoms with E-state index in [-0.39, 0.29) is 11.5 Å². The quantitative estimate of drug-likeness (QED) is 0.544. The van der Waals surface area contributed by atoms with Crippen LogP contribution in [-0.4, -0.2) is 20.1 Å². The molecule has 0 unspecified atom stereocenters. The zero-order chi connectivity index (χ0) is 22.3. The Morgan fingerprint density at radius 3 is 2.39 bits per heavy atom. The van der Waals surface area contributed by atoms with Gasteiger partial charge in [0.15, 0.2) is 9.84 Å². The second-order valence-corrected chi connectivity index (χ2v) is 9.16. The molecule has 0 aliphatic carbocycles. The van der Waals surface area contributed by atoms with Crippen molar-refractivity contribution in [1.29, 1.82) is 5.26 Å². The fourth-order valence-electron chi connectivity index (χ4n) is 2.80. The number of halogens is 1. The molecule has 158 valence electrons. The van der Waals surface area contributed by atoms with Crippen molar-refractivity contribution in [1.82, 2.24) is 0 Å². The van der Waals surface area contributed by atoms with E-state index >= 15 is 0 Å². The zero-order valence-electron chi connectivity index (χ0n) is 16.4. The van der Waals surface area contributed by atoms with Gasteiger partial charge < -0.3 is 10.1 Å². The summed E-state index contributed by atoms with van der Waals surface area (Å²) < 4.78 is 30.5. The number of nitrogens with zero attached hydrogens (tertiary/aromatic N) is 1. The first-order valence-corrected chi connectivity index (χ1v) is 11.3. The Bertz CT molecular complexity index is 1200. The number of benzene rings is 3. The molecule has 0 saturated carbocycles. The summed E-state index contributed by atoms with van der Waals surface area (Å²) in [6.07, 6.45) is 0.343. The molecule has 0 spiro atoms. The molecule has 8 heteroatoms. The van der Waals surface area contributed by atoms with Crippen LogP contribution in [0.4, 0.5) is 5.69 Å². The first-order valence-electron chi connectivity index (χ1n) is 9.31. The van der Waals surface area contributed by atoms with Crippen LogP contribution in [0.25, 0.3) is 0 Å². The summed E-state index contributed by atoms with van der Waals surface area (Å²) in [5.41, 5.74) is 2.19. The molecule has 0 saturated heterocycles. The molecule has 31 heavy (non-hydrogen) atoms. The summed E-state index contributed by atoms with van der Waals surface area (Å²) in [6.45, 7) is 0.268. The predicted octanol–water partition coefficient (Wildman–Crippen LogP) is 4.40. The van der Waals surface area contributed by atoms with Crippen LogP contribution < -0.4 is 10.1 Å². The fraction of sp³-hybridized carbons (Fsp3) is 0.130. The molecule has 0 atom stereocenters. The number of nitrogens with one attached hydrogen (secondary N) is 1. The molecular weight excluding hydrogens is 436 g/mol. The smallest absolute Gasteiger partial charge is 0.239 e. The van der Waals surface area contributed by atoms with E-state index in [4.69, 9.17) is 21.6 Å². The van der Waals surface area contributed by atoms with Gasteiger partial charge in [-0.05, 0) is 59.7 Å². The number of ether oxygens (including phenoxy) is 1. The van der Waals surface area contributed by atoms with Gasteiger partial charge in [-0.3, -0.25) is 4.79 Å². The van der Waals surface area contributed by atoms with Crippen LogP contribution in [0, 0.1) is 11.3 Å². The van der Waals surface area contributed by atoms with Crippen molar-refractivity contribution in [3.05, 3.63) is 88.9 Å². The maximum atomic E-state index is 12.4. The minimum atomic E-state index is -3.78. The Morgan fingerprint density at radius 2 is 1.71 bits per heavy atom. The number of sulfone groups is 1. The first kappa shape index (κ1) is 22.3. The van der Waals surface area contributed by atoms with Crippen LogP contribution in [0.3, 0.4) is 0 Å². The predicted molar refractivity (Wildman–Crippen MR) is 119 cm³/mol. The van der Waals surface area contributed by atoms with Gasteiger partial charge in [0.1, 0.15) is 18.1 Å². The van der Waals surface area contributed by atoms with Gasteiger partial charge in [0.05, 0.1) is 17.4 Å². The maximum Gasteiger partial charge on any atom is 0.239 e. The van der Waals surface area contributed by atoms with E-state index in [9.17, 15) is 13.2 Å². The van der Waals surface area contributed by atoms with Gasteiger partial charge in [0.2, 0.25) is 5.91 Å². The van der Waals surface area contributed by atoms with E-state index in [0.717, 1.165) is 11.1 Å². The highest BCUT2D eigenvalue weighted by atomic mass is 35.5. The average Bonchev–Trinajstić information content (AvgIpc) is 2.73. The Hall–Kier alpha value is -3.34. The van der Waals surface area contributed by atoms with Crippen LogP contribution in [0.15, 0.2) is 77.7 Å². The zero-order valence-corrected chi connectivity index (χ0v) is 18.0. The molecule has 3 aromatic rings. The van der Waals surface area contributed by atoms with Gasteiger partial charge in [-0.1, -0.05) is 35.9 Å². The number of hydrogen-bond acceptors (Lipinski definition) is 5. The number of hydrogen-bond donors (Lipinski definition) is 1. The third kappa shape index (κ3) is 6.57. The number of rotatable bonds is 8. The number of carbonyl (C=O) groups is 1. The number of amides is 1. The minimum Gasteiger partial charge on any atom is -0.489 e. The summed E-state index contributed by atoms with van der Waals surface area (Å²) in [6, 6.07) is 22.0. The number of anilines is 1. The second kappa shape index (κ2) is 10.1. The molecule has 3 rings (SSSR count). The van der Waals surface area contributed by atoms with Crippen molar-refractivity contribution in [3.63, 3.8) is 0 Å². The first-order chi connectivity index (χ1) is 14.9. The second-order valence-electron chi connectivity index (χ2n) is 6.73. The van der Waals surface area contributed by atoms with Crippen molar-refractivity contribution < 1.29 is 17.9 Å². The Kier molecular flexibility index (Phi) is 7.29. The van der Waals surface area contributed by atoms with E-state index in [2.05, 4.69) is 11.4 Å². The third-order valence-electron chi connectivity index (χ3n) is 4.32. The normalized spacial score (nSPS) is 10.8. The highest BCUT2D eigenvalue weighted by Gasteiger charge is 2.19. The lowest BCUT2D eigenvalue weighted by atomic mass is 10.1. The summed E-state index contributed by atoms with van der Waals surface area (Å²) in [4.78, 5) is 12.3. The molecule has 6 nitrogen and oxygen atoms in total. The van der Waals surface area contributed by atoms with Crippen LogP contribution in [-0.2, 0) is 27.7 Å². The van der Waals surface area contributed by atoms with E-state index < -0.39 is 21.5 Å². The SMILES string of the molecule is N#CCc1ccc(OCc2cccc(NC(=O)CS(=O)(=O)c3ccc(Cl)cc3)c2)cc1. The number of carbonyl (C=O) groups excluding carboxylic acids is 1. The van der Waals surface area contributed by atoms with E-state index in [1.165, 1.54) is 24.3 Å². The van der Waals surface area contributed by atoms with Crippen LogP contribution >= 0.6 is 11.6 Å². The fourth-order valence-corrected chi connectivity index (χ4v) is 4.06. The molecule has 1 amide bonds. The van der Waals surface area contributed by atoms with E-state index in [1.54, 1.807) is 30.3 Å². The summed E-state index contributed by atoms with van der Waals surface area (Å²) in [5, 5.41) is 11.7. The van der Waals surface area contributed by atoms with Gasteiger partial charge in [-0.15, -0.1) is 0 Å². The van der Waals surface area contributed by atoms with Gasteiger partial charge in [-0.2, -0.15) is 5.26 Å². The van der Waals surface area contributed by atoms with Gasteiger partial charge >= 0.3 is 0 Å². The Morgan fingerprint density at radius 1 is 1.00 bits per heavy atom. The van der Waals surface area contributed by atoms with Gasteiger partial charge in [0.25, 0.3) is 0 Å². The monoisotopic (exact) mass is 454 g/mol. The lowest BCUT2D eigenvalue weighted by Crippen LogP contribution is -2.23. The molecule has 3 aromatic carbocycles. The Balaban J connectivity index is 1.59. The average molecular weight is 455 g/mol. The van der Waals surface area contributed by atoms with Crippen molar-refractivity contribution in [3.8, 4) is 11.8 Å². The maximum absolute atomic E-state index is 12.4. The summed E-state index contributed by atoms with van der Waals surface area (Å²) in [5.74, 6) is -0.656. The third-order valence-corrected chi connectivity index (χ3v) is 6.20. The van der Waals surface area contributed by atoms with Crippen LogP contribution in [0.1, 0.15) is 11.1 Å². The van der Waals surface area contributed by atoms with Crippen LogP contribution in [0.2, 0.25) is 5.02 Å². The summed E-state index contributed by atoms with van der Waals surface area (Å²) >= 11 is 5.78. The highest BCUT2D eigenvalue weighted by Crippen LogP contribution is 2.18. The van der Waals surface area contributed by atoms with Crippen molar-refractivity contribution in [2.75, 3.05) is 11.1 Å². The highest BCUT2D eigenvalue weighted by molar-refractivity contribution is 7.92. The molecule has 0 fully saturated rings. The van der Waals surface area contributed by atoms with Crippen molar-refractivity contribution in [2.24, 2.45) is 0 Å². The van der Waals surface area contributed by atoms with Gasteiger partial charge in [0, 0.05) is 10.7 Å². The topological polar surface area (TPSA) is 96.3 Å². The lowest BCUT2D eigenvalue weighted by Gasteiger charge is -2.10. The summed E-state index contributed by atoms with van der Waals surface area (Å²) in [7, 11) is -3.78.